The van der Waals surface area contributed by atoms with Gasteiger partial charge in [0.05, 0.1) is 5.71 Å². The largest absolute Gasteiger partial charge is 0.350 e. The van der Waals surface area contributed by atoms with Crippen LogP contribution in [0.25, 0.3) is 0 Å². The molecule has 0 heterocycles. The first-order valence-corrected chi connectivity index (χ1v) is 4.83. The molecule has 1 aromatic rings. The van der Waals surface area contributed by atoms with Crippen molar-refractivity contribution in [2.75, 3.05) is 0 Å². The fourth-order valence-corrected chi connectivity index (χ4v) is 1.35. The summed E-state index contributed by atoms with van der Waals surface area (Å²) in [4.78, 5) is 10.5. The van der Waals surface area contributed by atoms with E-state index in [0.29, 0.717) is 0 Å². The van der Waals surface area contributed by atoms with E-state index in [2.05, 4.69) is 10.5 Å². The van der Waals surface area contributed by atoms with Gasteiger partial charge < -0.3 is 5.73 Å². The molecule has 2 amide bonds. The molecule has 0 unspecified atom stereocenters. The van der Waals surface area contributed by atoms with E-state index >= 15 is 0 Å². The average Bonchev–Trinajstić information content (AvgIpc) is 2.21. The lowest BCUT2D eigenvalue weighted by Gasteiger charge is -2.06. The van der Waals surface area contributed by atoms with Crippen LogP contribution >= 0.6 is 0 Å². The highest BCUT2D eigenvalue weighted by atomic mass is 16.2. The highest BCUT2D eigenvalue weighted by Crippen LogP contribution is 2.10. The Hall–Kier alpha value is -1.84. The first kappa shape index (κ1) is 11.2. The molecule has 0 aromatic heterocycles. The van der Waals surface area contributed by atoms with Gasteiger partial charge in [-0.1, -0.05) is 31.2 Å². The number of primary amides is 1. The van der Waals surface area contributed by atoms with E-state index in [9.17, 15) is 4.79 Å². The van der Waals surface area contributed by atoms with E-state index in [1.807, 2.05) is 38.1 Å². The summed E-state index contributed by atoms with van der Waals surface area (Å²) >= 11 is 0. The van der Waals surface area contributed by atoms with E-state index in [-0.39, 0.29) is 0 Å². The number of nitrogens with one attached hydrogen (secondary N) is 1. The molecule has 1 aromatic carbocycles. The van der Waals surface area contributed by atoms with Crippen molar-refractivity contribution < 1.29 is 4.79 Å². The quantitative estimate of drug-likeness (QED) is 0.573. The molecule has 0 bridgehead atoms. The fourth-order valence-electron chi connectivity index (χ4n) is 1.35. The van der Waals surface area contributed by atoms with E-state index in [4.69, 9.17) is 5.73 Å². The summed E-state index contributed by atoms with van der Waals surface area (Å²) in [6.07, 6.45) is 0.741. The first-order valence-electron chi connectivity index (χ1n) is 4.83. The number of benzene rings is 1. The Morgan fingerprint density at radius 2 is 2.13 bits per heavy atom. The highest BCUT2D eigenvalue weighted by Gasteiger charge is 2.04. The third kappa shape index (κ3) is 3.09. The van der Waals surface area contributed by atoms with Crippen molar-refractivity contribution in [3.05, 3.63) is 35.4 Å². The smallest absolute Gasteiger partial charge is 0.332 e. The Balaban J connectivity index is 2.97. The van der Waals surface area contributed by atoms with Gasteiger partial charge in [0, 0.05) is 5.56 Å². The number of urea groups is 1. The molecule has 0 aliphatic heterocycles. The molecule has 0 spiro atoms. The van der Waals surface area contributed by atoms with Gasteiger partial charge in [-0.05, 0) is 18.9 Å². The van der Waals surface area contributed by atoms with Gasteiger partial charge in [-0.25, -0.2) is 10.2 Å². The Kier molecular flexibility index (Phi) is 3.85. The predicted octanol–water partition coefficient (Wildman–Crippen LogP) is 1.78. The van der Waals surface area contributed by atoms with Crippen LogP contribution in [0.15, 0.2) is 29.4 Å². The maximum atomic E-state index is 10.5. The fraction of sp³-hybridized carbons (Fsp3) is 0.273. The molecule has 0 saturated heterocycles. The topological polar surface area (TPSA) is 67.5 Å². The lowest BCUT2D eigenvalue weighted by molar-refractivity contribution is 0.249. The Morgan fingerprint density at radius 1 is 1.47 bits per heavy atom. The van der Waals surface area contributed by atoms with Crippen LogP contribution in [-0.2, 0) is 0 Å². The van der Waals surface area contributed by atoms with E-state index in [0.717, 1.165) is 23.3 Å². The third-order valence-electron chi connectivity index (χ3n) is 2.09. The second-order valence-corrected chi connectivity index (χ2v) is 3.20. The number of carbonyl (C=O) groups excluding carboxylic acids is 1. The molecular formula is C11H15N3O. The van der Waals surface area contributed by atoms with Gasteiger partial charge in [-0.15, -0.1) is 0 Å². The molecule has 1 rings (SSSR count). The Labute approximate surface area is 89.2 Å². The van der Waals surface area contributed by atoms with E-state index < -0.39 is 6.03 Å². The van der Waals surface area contributed by atoms with Crippen LogP contribution in [0.4, 0.5) is 4.79 Å². The molecule has 4 nitrogen and oxygen atoms in total. The Bertz CT molecular complexity index is 385. The molecule has 0 aliphatic carbocycles. The molecular weight excluding hydrogens is 190 g/mol. The second-order valence-electron chi connectivity index (χ2n) is 3.20. The van der Waals surface area contributed by atoms with Gasteiger partial charge in [0.15, 0.2) is 0 Å². The van der Waals surface area contributed by atoms with E-state index in [1.165, 1.54) is 0 Å². The van der Waals surface area contributed by atoms with Gasteiger partial charge in [0.25, 0.3) is 0 Å². The van der Waals surface area contributed by atoms with Crippen molar-refractivity contribution in [2.45, 2.75) is 20.3 Å². The summed E-state index contributed by atoms with van der Waals surface area (Å²) in [7, 11) is 0. The standard InChI is InChI=1S/C11H15N3O/c1-3-10(13-14-11(12)15)9-7-5-4-6-8(9)2/h4-7H,3H2,1-2H3,(H3,12,14,15)/b13-10-. The van der Waals surface area contributed by atoms with Crippen molar-refractivity contribution in [3.8, 4) is 0 Å². The number of carbonyl (C=O) groups is 1. The van der Waals surface area contributed by atoms with Crippen molar-refractivity contribution >= 4 is 11.7 Å². The van der Waals surface area contributed by atoms with Gasteiger partial charge in [-0.2, -0.15) is 5.10 Å². The molecule has 4 heteroatoms. The van der Waals surface area contributed by atoms with Crippen LogP contribution in [-0.4, -0.2) is 11.7 Å². The minimum absolute atomic E-state index is 0.644. The predicted molar refractivity (Wildman–Crippen MR) is 60.7 cm³/mol. The van der Waals surface area contributed by atoms with Crippen LogP contribution in [0, 0.1) is 6.92 Å². The number of nitrogens with zero attached hydrogens (tertiary/aromatic N) is 1. The number of hydrazone groups is 1. The molecule has 0 radical (unpaired) electrons. The first-order chi connectivity index (χ1) is 7.15. The Morgan fingerprint density at radius 3 is 2.67 bits per heavy atom. The summed E-state index contributed by atoms with van der Waals surface area (Å²) in [6, 6.07) is 7.24. The van der Waals surface area contributed by atoms with Crippen molar-refractivity contribution in [2.24, 2.45) is 10.8 Å². The number of hydrogen-bond acceptors (Lipinski definition) is 2. The van der Waals surface area contributed by atoms with Crippen LogP contribution < -0.4 is 11.2 Å². The van der Waals surface area contributed by atoms with Gasteiger partial charge in [0.2, 0.25) is 0 Å². The van der Waals surface area contributed by atoms with Gasteiger partial charge >= 0.3 is 6.03 Å². The van der Waals surface area contributed by atoms with E-state index in [1.54, 1.807) is 0 Å². The van der Waals surface area contributed by atoms with Crippen LogP contribution in [0.3, 0.4) is 0 Å². The number of nitrogens with two attached hydrogens (primary N) is 1. The third-order valence-corrected chi connectivity index (χ3v) is 2.09. The molecule has 0 fully saturated rings. The van der Waals surface area contributed by atoms with Crippen LogP contribution in [0.2, 0.25) is 0 Å². The molecule has 0 atom stereocenters. The van der Waals surface area contributed by atoms with Crippen molar-refractivity contribution in [1.29, 1.82) is 0 Å². The minimum Gasteiger partial charge on any atom is -0.350 e. The summed E-state index contributed by atoms with van der Waals surface area (Å²) in [5.74, 6) is 0. The second kappa shape index (κ2) is 5.14. The summed E-state index contributed by atoms with van der Waals surface area (Å²) in [5.41, 5.74) is 10.2. The molecule has 3 N–H and O–H groups in total. The van der Waals surface area contributed by atoms with Gasteiger partial charge in [-0.3, -0.25) is 0 Å². The zero-order valence-corrected chi connectivity index (χ0v) is 8.95. The van der Waals surface area contributed by atoms with Crippen LogP contribution in [0.1, 0.15) is 24.5 Å². The zero-order chi connectivity index (χ0) is 11.3. The summed E-state index contributed by atoms with van der Waals surface area (Å²) in [5, 5.41) is 3.96. The lowest BCUT2D eigenvalue weighted by atomic mass is 10.0. The van der Waals surface area contributed by atoms with Crippen LogP contribution in [0.5, 0.6) is 0 Å². The van der Waals surface area contributed by atoms with Gasteiger partial charge in [0.1, 0.15) is 0 Å². The maximum absolute atomic E-state index is 10.5. The number of hydrogen-bond donors (Lipinski definition) is 2. The highest BCUT2D eigenvalue weighted by molar-refractivity contribution is 6.01. The zero-order valence-electron chi connectivity index (χ0n) is 8.95. The monoisotopic (exact) mass is 205 g/mol. The molecule has 0 saturated carbocycles. The number of aryl methyl sites for hydroxylation is 1. The molecule has 15 heavy (non-hydrogen) atoms. The normalized spacial score (nSPS) is 11.2. The number of amides is 2. The average molecular weight is 205 g/mol. The van der Waals surface area contributed by atoms with Crippen molar-refractivity contribution in [1.82, 2.24) is 5.43 Å². The summed E-state index contributed by atoms with van der Waals surface area (Å²) in [6.45, 7) is 3.98. The SMILES string of the molecule is CC/C(=N/NC(N)=O)c1ccccc1C. The lowest BCUT2D eigenvalue weighted by Crippen LogP contribution is -2.26. The molecule has 80 valence electrons. The number of rotatable bonds is 3. The molecule has 0 aliphatic rings. The summed E-state index contributed by atoms with van der Waals surface area (Å²) < 4.78 is 0. The minimum atomic E-state index is -0.644. The van der Waals surface area contributed by atoms with Crippen molar-refractivity contribution in [3.63, 3.8) is 0 Å². The maximum Gasteiger partial charge on any atom is 0.332 e.